The van der Waals surface area contributed by atoms with E-state index in [0.717, 1.165) is 9.48 Å². The van der Waals surface area contributed by atoms with Crippen molar-refractivity contribution in [3.63, 3.8) is 0 Å². The molecule has 21 heavy (non-hydrogen) atoms. The Morgan fingerprint density at radius 3 is 2.48 bits per heavy atom. The van der Waals surface area contributed by atoms with Crippen molar-refractivity contribution in [2.24, 2.45) is 5.10 Å². The van der Waals surface area contributed by atoms with Crippen molar-refractivity contribution >= 4 is 27.7 Å². The number of carbonyl (C=O) groups is 1. The number of benzene rings is 1. The highest BCUT2D eigenvalue weighted by Gasteiger charge is 2.46. The standard InChI is InChI=1S/C15H19BrN2O3/c1-10-9-15(20,11-5-7-12(16)8-6-11)18(17-10)13(19)21-14(2,3)4/h5-8,20H,9H2,1-4H3/t15-/m0/s1. The Bertz CT molecular complexity index is 578. The molecule has 1 heterocycles. The fourth-order valence-electron chi connectivity index (χ4n) is 2.16. The van der Waals surface area contributed by atoms with Crippen molar-refractivity contribution < 1.29 is 14.6 Å². The second-order valence-corrected chi connectivity index (χ2v) is 7.04. The Balaban J connectivity index is 2.33. The molecular weight excluding hydrogens is 336 g/mol. The lowest BCUT2D eigenvalue weighted by molar-refractivity contribution is -0.0975. The van der Waals surface area contributed by atoms with E-state index in [1.54, 1.807) is 39.8 Å². The molecule has 0 fully saturated rings. The lowest BCUT2D eigenvalue weighted by Crippen LogP contribution is -2.45. The average Bonchev–Trinajstić information content (AvgIpc) is 2.64. The first-order chi connectivity index (χ1) is 9.62. The van der Waals surface area contributed by atoms with Gasteiger partial charge in [-0.25, -0.2) is 4.79 Å². The van der Waals surface area contributed by atoms with Gasteiger partial charge in [-0.05, 0) is 39.8 Å². The first kappa shape index (κ1) is 16.0. The van der Waals surface area contributed by atoms with Crippen molar-refractivity contribution in [3.05, 3.63) is 34.3 Å². The Morgan fingerprint density at radius 2 is 1.95 bits per heavy atom. The zero-order chi connectivity index (χ0) is 15.8. The molecule has 0 aromatic heterocycles. The summed E-state index contributed by atoms with van der Waals surface area (Å²) in [6, 6.07) is 7.15. The van der Waals surface area contributed by atoms with E-state index in [1.165, 1.54) is 0 Å². The molecule has 0 spiro atoms. The Labute approximate surface area is 132 Å². The molecule has 6 heteroatoms. The number of ether oxygens (including phenoxy) is 1. The summed E-state index contributed by atoms with van der Waals surface area (Å²) in [5.41, 5.74) is -0.889. The topological polar surface area (TPSA) is 62.1 Å². The number of aliphatic hydroxyl groups is 1. The zero-order valence-electron chi connectivity index (χ0n) is 12.6. The van der Waals surface area contributed by atoms with E-state index in [9.17, 15) is 9.90 Å². The lowest BCUT2D eigenvalue weighted by Gasteiger charge is -2.32. The maximum atomic E-state index is 12.3. The van der Waals surface area contributed by atoms with Gasteiger partial charge in [-0.15, -0.1) is 0 Å². The van der Waals surface area contributed by atoms with Gasteiger partial charge in [0.1, 0.15) is 5.60 Å². The van der Waals surface area contributed by atoms with E-state index < -0.39 is 17.4 Å². The smallest absolute Gasteiger partial charge is 0.433 e. The number of hydrazone groups is 1. The largest absolute Gasteiger partial charge is 0.442 e. The summed E-state index contributed by atoms with van der Waals surface area (Å²) in [4.78, 5) is 12.3. The molecule has 0 unspecified atom stereocenters. The highest BCUT2D eigenvalue weighted by Crippen LogP contribution is 2.36. The third-order valence-electron chi connectivity index (χ3n) is 3.00. The Hall–Kier alpha value is -1.40. The number of rotatable bonds is 1. The molecule has 1 aliphatic rings. The van der Waals surface area contributed by atoms with Crippen LogP contribution in [-0.4, -0.2) is 27.5 Å². The molecule has 0 radical (unpaired) electrons. The first-order valence-corrected chi connectivity index (χ1v) is 7.47. The van der Waals surface area contributed by atoms with E-state index in [2.05, 4.69) is 21.0 Å². The minimum absolute atomic E-state index is 0.258. The van der Waals surface area contributed by atoms with Crippen LogP contribution in [0.15, 0.2) is 33.8 Å². The van der Waals surface area contributed by atoms with Gasteiger partial charge in [0.2, 0.25) is 0 Å². The minimum atomic E-state index is -1.51. The van der Waals surface area contributed by atoms with E-state index in [4.69, 9.17) is 4.74 Å². The summed E-state index contributed by atoms with van der Waals surface area (Å²) in [7, 11) is 0. The summed E-state index contributed by atoms with van der Waals surface area (Å²) in [6.45, 7) is 7.09. The van der Waals surface area contributed by atoms with Crippen LogP contribution in [-0.2, 0) is 10.5 Å². The third-order valence-corrected chi connectivity index (χ3v) is 3.53. The summed E-state index contributed by atoms with van der Waals surface area (Å²) in [5.74, 6) is 0. The molecule has 1 aromatic rings. The minimum Gasteiger partial charge on any atom is -0.442 e. The average molecular weight is 355 g/mol. The van der Waals surface area contributed by atoms with Crippen molar-refractivity contribution in [1.82, 2.24) is 5.01 Å². The van der Waals surface area contributed by atoms with Crippen molar-refractivity contribution in [3.8, 4) is 0 Å². The SMILES string of the molecule is CC1=NN(C(=O)OC(C)(C)C)[C@@](O)(c2ccc(Br)cc2)C1. The highest BCUT2D eigenvalue weighted by atomic mass is 79.9. The van der Waals surface area contributed by atoms with Crippen LogP contribution in [0.25, 0.3) is 0 Å². The van der Waals surface area contributed by atoms with Gasteiger partial charge in [-0.1, -0.05) is 28.1 Å². The second kappa shape index (κ2) is 5.42. The molecule has 114 valence electrons. The number of carbonyl (C=O) groups excluding carboxylic acids is 1. The first-order valence-electron chi connectivity index (χ1n) is 6.67. The third kappa shape index (κ3) is 3.44. The zero-order valence-corrected chi connectivity index (χ0v) is 14.1. The summed E-state index contributed by atoms with van der Waals surface area (Å²) < 4.78 is 6.22. The van der Waals surface area contributed by atoms with Crippen LogP contribution in [0, 0.1) is 0 Å². The Morgan fingerprint density at radius 1 is 1.38 bits per heavy atom. The van der Waals surface area contributed by atoms with E-state index in [0.29, 0.717) is 11.3 Å². The Kier molecular flexibility index (Phi) is 4.13. The van der Waals surface area contributed by atoms with Crippen LogP contribution in [0.1, 0.15) is 39.7 Å². The molecule has 1 amide bonds. The molecular formula is C15H19BrN2O3. The van der Waals surface area contributed by atoms with Gasteiger partial charge in [0.05, 0.1) is 0 Å². The summed E-state index contributed by atoms with van der Waals surface area (Å²) in [6.07, 6.45) is -0.404. The molecule has 1 N–H and O–H groups in total. The van der Waals surface area contributed by atoms with Crippen LogP contribution in [0.3, 0.4) is 0 Å². The highest BCUT2D eigenvalue weighted by molar-refractivity contribution is 9.10. The number of hydrogen-bond acceptors (Lipinski definition) is 4. The van der Waals surface area contributed by atoms with Crippen LogP contribution in [0.4, 0.5) is 4.79 Å². The van der Waals surface area contributed by atoms with Gasteiger partial charge in [0.15, 0.2) is 5.72 Å². The summed E-state index contributed by atoms with van der Waals surface area (Å²) in [5, 5.41) is 16.1. The molecule has 1 aliphatic heterocycles. The fraction of sp³-hybridized carbons (Fsp3) is 0.467. The predicted molar refractivity (Wildman–Crippen MR) is 83.8 cm³/mol. The van der Waals surface area contributed by atoms with Crippen LogP contribution in [0.2, 0.25) is 0 Å². The van der Waals surface area contributed by atoms with Gasteiger partial charge in [0, 0.05) is 22.2 Å². The van der Waals surface area contributed by atoms with Gasteiger partial charge in [-0.2, -0.15) is 10.1 Å². The van der Waals surface area contributed by atoms with Gasteiger partial charge in [0.25, 0.3) is 0 Å². The second-order valence-electron chi connectivity index (χ2n) is 6.13. The van der Waals surface area contributed by atoms with E-state index in [1.807, 2.05) is 12.1 Å². The molecule has 0 saturated carbocycles. The number of hydrogen-bond donors (Lipinski definition) is 1. The van der Waals surface area contributed by atoms with E-state index >= 15 is 0 Å². The molecule has 0 aliphatic carbocycles. The van der Waals surface area contributed by atoms with Crippen molar-refractivity contribution in [2.75, 3.05) is 0 Å². The van der Waals surface area contributed by atoms with Crippen LogP contribution < -0.4 is 0 Å². The van der Waals surface area contributed by atoms with Crippen LogP contribution >= 0.6 is 15.9 Å². The number of amides is 1. The maximum Gasteiger partial charge on any atom is 0.433 e. The van der Waals surface area contributed by atoms with Gasteiger partial charge < -0.3 is 9.84 Å². The number of halogens is 1. The monoisotopic (exact) mass is 354 g/mol. The normalized spacial score (nSPS) is 22.2. The molecule has 2 rings (SSSR count). The predicted octanol–water partition coefficient (Wildman–Crippen LogP) is 3.61. The van der Waals surface area contributed by atoms with Crippen molar-refractivity contribution in [2.45, 2.75) is 45.4 Å². The molecule has 1 aromatic carbocycles. The summed E-state index contributed by atoms with van der Waals surface area (Å²) >= 11 is 3.35. The number of nitrogens with zero attached hydrogens (tertiary/aromatic N) is 2. The van der Waals surface area contributed by atoms with Crippen LogP contribution in [0.5, 0.6) is 0 Å². The van der Waals surface area contributed by atoms with Crippen molar-refractivity contribution in [1.29, 1.82) is 0 Å². The maximum absolute atomic E-state index is 12.3. The fourth-order valence-corrected chi connectivity index (χ4v) is 2.42. The molecule has 1 atom stereocenters. The molecule has 0 saturated heterocycles. The molecule has 0 bridgehead atoms. The van der Waals surface area contributed by atoms with Gasteiger partial charge in [-0.3, -0.25) is 0 Å². The van der Waals surface area contributed by atoms with E-state index in [-0.39, 0.29) is 6.42 Å². The quantitative estimate of drug-likeness (QED) is 0.837. The molecule has 5 nitrogen and oxygen atoms in total. The van der Waals surface area contributed by atoms with Gasteiger partial charge >= 0.3 is 6.09 Å². The lowest BCUT2D eigenvalue weighted by atomic mass is 9.98.